The Bertz CT molecular complexity index is 1520. The molecular weight excluding hydrogens is 591 g/mol. The number of anilines is 1. The summed E-state index contributed by atoms with van der Waals surface area (Å²) in [5, 5.41) is 13.4. The van der Waals surface area contributed by atoms with Crippen LogP contribution in [0.4, 0.5) is 10.1 Å². The summed E-state index contributed by atoms with van der Waals surface area (Å²) >= 11 is 1.43. The normalized spacial score (nSPS) is 20.6. The van der Waals surface area contributed by atoms with Crippen LogP contribution in [0.2, 0.25) is 0 Å². The number of aromatic nitrogens is 2. The second-order valence-corrected chi connectivity index (χ2v) is 12.7. The lowest BCUT2D eigenvalue weighted by Gasteiger charge is -2.32. The average Bonchev–Trinajstić information content (AvgIpc) is 3.57. The first kappa shape index (κ1) is 34.7. The Morgan fingerprint density at radius 3 is 2.56 bits per heavy atom. The van der Waals surface area contributed by atoms with Gasteiger partial charge in [-0.3, -0.25) is 4.79 Å². The van der Waals surface area contributed by atoms with Gasteiger partial charge in [0.2, 0.25) is 0 Å². The van der Waals surface area contributed by atoms with E-state index in [2.05, 4.69) is 31.2 Å². The summed E-state index contributed by atoms with van der Waals surface area (Å²) in [6.45, 7) is 15.6. The molecule has 3 saturated heterocycles. The molecule has 1 unspecified atom stereocenters. The Balaban J connectivity index is 0.000000302. The highest BCUT2D eigenvalue weighted by molar-refractivity contribution is 7.98. The van der Waals surface area contributed by atoms with E-state index in [1.165, 1.54) is 75.2 Å². The zero-order valence-corrected chi connectivity index (χ0v) is 28.0. The zero-order chi connectivity index (χ0) is 32.5. The highest BCUT2D eigenvalue weighted by Crippen LogP contribution is 2.53. The number of halogens is 1. The van der Waals surface area contributed by atoms with E-state index >= 15 is 0 Å². The van der Waals surface area contributed by atoms with Crippen molar-refractivity contribution in [1.82, 2.24) is 19.6 Å². The Morgan fingerprint density at radius 2 is 1.91 bits per heavy atom. The first-order valence-electron chi connectivity index (χ1n) is 16.3. The first-order valence-corrected chi connectivity index (χ1v) is 17.1. The molecule has 3 aliphatic heterocycles. The van der Waals surface area contributed by atoms with Gasteiger partial charge in [0.15, 0.2) is 11.6 Å². The van der Waals surface area contributed by atoms with Crippen molar-refractivity contribution in [1.29, 1.82) is 5.26 Å². The lowest BCUT2D eigenvalue weighted by atomic mass is 9.87. The molecule has 1 aromatic heterocycles. The number of fused-ring (bicyclic) bond motifs is 1. The molecular formula is C34H49FN6O3S. The van der Waals surface area contributed by atoms with Gasteiger partial charge in [-0.25, -0.2) is 13.7 Å². The second-order valence-electron chi connectivity index (χ2n) is 11.8. The summed E-state index contributed by atoms with van der Waals surface area (Å²) in [7, 11) is 0. The number of benzene rings is 2. The maximum absolute atomic E-state index is 14.5. The van der Waals surface area contributed by atoms with Gasteiger partial charge in [-0.05, 0) is 93.3 Å². The highest BCUT2D eigenvalue weighted by Gasteiger charge is 2.48. The number of nitrogens with zero attached hydrogens (tertiary/aromatic N) is 3. The number of ether oxygens (including phenoxy) is 2. The molecule has 45 heavy (non-hydrogen) atoms. The summed E-state index contributed by atoms with van der Waals surface area (Å²) in [5.74, 6) is 0.202. The number of nitrogens with one attached hydrogen (secondary N) is 3. The fraction of sp³-hybridized carbons (Fsp3) is 0.559. The first-order chi connectivity index (χ1) is 21.9. The van der Waals surface area contributed by atoms with Crippen molar-refractivity contribution >= 4 is 28.7 Å². The minimum absolute atomic E-state index is 0. The van der Waals surface area contributed by atoms with Crippen LogP contribution in [0.3, 0.4) is 0 Å². The molecule has 3 N–H and O–H groups in total. The Kier molecular flexibility index (Phi) is 12.3. The Morgan fingerprint density at radius 1 is 1.16 bits per heavy atom. The third kappa shape index (κ3) is 8.55. The molecule has 0 bridgehead atoms. The van der Waals surface area contributed by atoms with Gasteiger partial charge in [0, 0.05) is 33.3 Å². The topological polar surface area (TPSA) is 115 Å². The lowest BCUT2D eigenvalue weighted by molar-refractivity contribution is -0.0195. The standard InChI is InChI=1S/C21H18FN5O2S.C9H17NO.2C2H6.H2/c22-16-2-4-18(26-30-27-8-7-21(11-27)5-6-21)15(10-23)19(16)29-13-1-3-17-14(9-13)20(28)25-12-24-17;1-8-6-9(11-7-8)2-4-10-5-3-9;2*1-2;/h1-4,9,12,26H,5-8,11H2,(H,24,25,28);8,10H,2-7H2,1H3;2*1-2H3;1H. The fourth-order valence-corrected chi connectivity index (χ4v) is 6.97. The number of nitriles is 1. The van der Waals surface area contributed by atoms with Gasteiger partial charge in [0.05, 0.1) is 28.5 Å². The third-order valence-corrected chi connectivity index (χ3v) is 9.49. The van der Waals surface area contributed by atoms with Crippen LogP contribution < -0.4 is 20.3 Å². The molecule has 1 aliphatic carbocycles. The number of hydrogen-bond donors (Lipinski definition) is 3. The second kappa shape index (κ2) is 15.9. The van der Waals surface area contributed by atoms with E-state index in [1.54, 1.807) is 12.1 Å². The maximum atomic E-state index is 14.5. The summed E-state index contributed by atoms with van der Waals surface area (Å²) in [6, 6.07) is 9.52. The van der Waals surface area contributed by atoms with Gasteiger partial charge in [-0.2, -0.15) is 5.26 Å². The molecule has 11 heteroatoms. The van der Waals surface area contributed by atoms with E-state index in [9.17, 15) is 14.4 Å². The molecule has 4 aliphatic rings. The average molecular weight is 641 g/mol. The van der Waals surface area contributed by atoms with Gasteiger partial charge < -0.3 is 24.5 Å². The summed E-state index contributed by atoms with van der Waals surface area (Å²) < 4.78 is 31.5. The van der Waals surface area contributed by atoms with E-state index < -0.39 is 5.82 Å². The van der Waals surface area contributed by atoms with Crippen molar-refractivity contribution in [3.63, 3.8) is 0 Å². The largest absolute Gasteiger partial charge is 0.453 e. The summed E-state index contributed by atoms with van der Waals surface area (Å²) in [5.41, 5.74) is 1.51. The van der Waals surface area contributed by atoms with Crippen LogP contribution >= 0.6 is 12.1 Å². The number of hydrogen-bond acceptors (Lipinski definition) is 9. The minimum atomic E-state index is -0.652. The molecule has 0 amide bonds. The van der Waals surface area contributed by atoms with Crippen LogP contribution in [0.25, 0.3) is 10.9 Å². The van der Waals surface area contributed by atoms with E-state index in [-0.39, 0.29) is 29.6 Å². The van der Waals surface area contributed by atoms with Gasteiger partial charge >= 0.3 is 0 Å². The molecule has 0 radical (unpaired) electrons. The quantitative estimate of drug-likeness (QED) is 0.242. The Hall–Kier alpha value is -3.17. The predicted octanol–water partition coefficient (Wildman–Crippen LogP) is 7.65. The zero-order valence-electron chi connectivity index (χ0n) is 27.2. The van der Waals surface area contributed by atoms with Crippen molar-refractivity contribution in [2.24, 2.45) is 11.3 Å². The molecule has 3 aromatic rings. The molecule has 1 saturated carbocycles. The van der Waals surface area contributed by atoms with Crippen molar-refractivity contribution in [2.45, 2.75) is 78.7 Å². The summed E-state index contributed by atoms with van der Waals surface area (Å²) in [4.78, 5) is 18.6. The molecule has 1 atom stereocenters. The lowest BCUT2D eigenvalue weighted by Crippen LogP contribution is -2.41. The van der Waals surface area contributed by atoms with E-state index in [4.69, 9.17) is 9.47 Å². The van der Waals surface area contributed by atoms with Gasteiger partial charge in [-0.15, -0.1) is 0 Å². The van der Waals surface area contributed by atoms with Gasteiger partial charge in [0.25, 0.3) is 5.56 Å². The predicted molar refractivity (Wildman–Crippen MR) is 182 cm³/mol. The maximum Gasteiger partial charge on any atom is 0.258 e. The van der Waals surface area contributed by atoms with E-state index in [0.717, 1.165) is 38.7 Å². The van der Waals surface area contributed by atoms with Crippen LogP contribution in [0.5, 0.6) is 11.5 Å². The van der Waals surface area contributed by atoms with Crippen LogP contribution in [0.15, 0.2) is 41.5 Å². The molecule has 4 fully saturated rings. The molecule has 2 spiro atoms. The fourth-order valence-electron chi connectivity index (χ4n) is 6.06. The van der Waals surface area contributed by atoms with Crippen molar-refractivity contribution < 1.29 is 15.3 Å². The number of aromatic amines is 1. The molecule has 9 nitrogen and oxygen atoms in total. The minimum Gasteiger partial charge on any atom is -0.453 e. The SMILES string of the molecule is CC.CC.CC1COC2(CCNCC2)C1.N#Cc1c(NSN2CCC3(CC3)C2)ccc(F)c1Oc1ccc2nc[nH]c(=O)c2c1.[HH]. The van der Waals surface area contributed by atoms with Crippen molar-refractivity contribution in [3.05, 3.63) is 58.4 Å². The van der Waals surface area contributed by atoms with E-state index in [0.29, 0.717) is 22.0 Å². The van der Waals surface area contributed by atoms with Crippen LogP contribution in [-0.4, -0.2) is 52.7 Å². The van der Waals surface area contributed by atoms with Crippen LogP contribution in [0, 0.1) is 28.5 Å². The van der Waals surface area contributed by atoms with Gasteiger partial charge in [0.1, 0.15) is 17.4 Å². The monoisotopic (exact) mass is 640 g/mol. The van der Waals surface area contributed by atoms with Crippen LogP contribution in [0.1, 0.15) is 80.1 Å². The molecule has 246 valence electrons. The number of rotatable bonds is 5. The van der Waals surface area contributed by atoms with Crippen LogP contribution in [-0.2, 0) is 4.74 Å². The molecule has 4 heterocycles. The number of piperidine rings is 1. The molecule has 2 aromatic carbocycles. The highest BCUT2D eigenvalue weighted by atomic mass is 32.2. The third-order valence-electron chi connectivity index (χ3n) is 8.61. The van der Waals surface area contributed by atoms with Crippen molar-refractivity contribution in [3.8, 4) is 17.6 Å². The number of H-pyrrole nitrogens is 1. The molecule has 7 rings (SSSR count). The summed E-state index contributed by atoms with van der Waals surface area (Å²) in [6.07, 6.45) is 8.80. The smallest absolute Gasteiger partial charge is 0.258 e. The van der Waals surface area contributed by atoms with Gasteiger partial charge in [-0.1, -0.05) is 34.6 Å². The van der Waals surface area contributed by atoms with Crippen molar-refractivity contribution in [2.75, 3.05) is 37.5 Å². The van der Waals surface area contributed by atoms with E-state index in [1.807, 2.05) is 33.8 Å². The Labute approximate surface area is 272 Å².